The fourth-order valence-electron chi connectivity index (χ4n) is 2.37. The van der Waals surface area contributed by atoms with Crippen LogP contribution in [0.25, 0.3) is 11.0 Å². The Morgan fingerprint density at radius 3 is 2.24 bits per heavy atom. The number of aromatic nitrogens is 2. The van der Waals surface area contributed by atoms with E-state index in [-0.39, 0.29) is 22.5 Å². The highest BCUT2D eigenvalue weighted by atomic mass is 19.2. The molecule has 1 aliphatic heterocycles. The Morgan fingerprint density at radius 2 is 1.68 bits per heavy atom. The molecule has 1 atom stereocenters. The zero-order valence-corrected chi connectivity index (χ0v) is 13.0. The zero-order chi connectivity index (χ0) is 18.3. The van der Waals surface area contributed by atoms with Crippen LogP contribution in [0.1, 0.15) is 5.69 Å². The predicted octanol–water partition coefficient (Wildman–Crippen LogP) is 1.32. The van der Waals surface area contributed by atoms with Gasteiger partial charge in [-0.25, -0.2) is 28.5 Å². The Hall–Kier alpha value is -3.30. The highest BCUT2D eigenvalue weighted by Gasteiger charge is 2.41. The molecular formula is C15H10F2N4O4. The standard InChI is InChI=1S/C15H10F2N4O4/c1-24-14(22)9-10(18)12-13(21-11(9)15(23)25-2)20-8-4-6(17)5(16)3-7(8)19-12/h3-4,9,18H,1-2H3. The average Bonchev–Trinajstić information content (AvgIpc) is 2.60. The molecule has 0 fully saturated rings. The van der Waals surface area contributed by atoms with Gasteiger partial charge in [0.05, 0.1) is 31.0 Å². The monoisotopic (exact) mass is 348 g/mol. The van der Waals surface area contributed by atoms with Gasteiger partial charge in [-0.1, -0.05) is 0 Å². The normalized spacial score (nSPS) is 16.2. The Kier molecular flexibility index (Phi) is 3.95. The van der Waals surface area contributed by atoms with Crippen molar-refractivity contribution in [1.82, 2.24) is 9.97 Å². The van der Waals surface area contributed by atoms with E-state index in [1.54, 1.807) is 0 Å². The van der Waals surface area contributed by atoms with Gasteiger partial charge in [0.15, 0.2) is 17.5 Å². The molecule has 8 nitrogen and oxygen atoms in total. The summed E-state index contributed by atoms with van der Waals surface area (Å²) in [5.74, 6) is -5.75. The van der Waals surface area contributed by atoms with Gasteiger partial charge < -0.3 is 14.9 Å². The molecule has 1 aliphatic rings. The minimum atomic E-state index is -1.46. The second kappa shape index (κ2) is 5.96. The summed E-state index contributed by atoms with van der Waals surface area (Å²) in [6.45, 7) is 0. The van der Waals surface area contributed by atoms with Crippen molar-refractivity contribution in [2.24, 2.45) is 10.9 Å². The molecule has 3 rings (SSSR count). The fraction of sp³-hybridized carbons (Fsp3) is 0.200. The molecule has 0 amide bonds. The van der Waals surface area contributed by atoms with E-state index in [0.717, 1.165) is 26.4 Å². The number of ether oxygens (including phenoxy) is 2. The fourth-order valence-corrected chi connectivity index (χ4v) is 2.37. The number of methoxy groups -OCH3 is 2. The first kappa shape index (κ1) is 16.6. The highest BCUT2D eigenvalue weighted by molar-refractivity contribution is 6.48. The molecule has 0 saturated heterocycles. The molecule has 1 N–H and O–H groups in total. The van der Waals surface area contributed by atoms with Crippen LogP contribution in [-0.2, 0) is 19.1 Å². The third kappa shape index (κ3) is 2.61. The van der Waals surface area contributed by atoms with Crippen molar-refractivity contribution in [3.63, 3.8) is 0 Å². The Balaban J connectivity index is 2.27. The third-order valence-corrected chi connectivity index (χ3v) is 3.56. The summed E-state index contributed by atoms with van der Waals surface area (Å²) in [4.78, 5) is 35.8. The van der Waals surface area contributed by atoms with E-state index in [4.69, 9.17) is 5.41 Å². The van der Waals surface area contributed by atoms with Gasteiger partial charge in [0.1, 0.15) is 17.3 Å². The summed E-state index contributed by atoms with van der Waals surface area (Å²) in [6.07, 6.45) is 0. The van der Waals surface area contributed by atoms with Crippen molar-refractivity contribution in [2.45, 2.75) is 0 Å². The minimum absolute atomic E-state index is 0.0186. The van der Waals surface area contributed by atoms with Gasteiger partial charge in [0, 0.05) is 12.1 Å². The van der Waals surface area contributed by atoms with Crippen LogP contribution < -0.4 is 0 Å². The number of fused-ring (bicyclic) bond motifs is 2. The Labute approximate surface area is 139 Å². The molecule has 0 aliphatic carbocycles. The minimum Gasteiger partial charge on any atom is -0.468 e. The number of halogens is 2. The number of hydrogen-bond donors (Lipinski definition) is 1. The molecule has 0 spiro atoms. The van der Waals surface area contributed by atoms with E-state index in [0.29, 0.717) is 0 Å². The SMILES string of the molecule is COC(=O)C1=Nc2nc3cc(F)c(F)cc3nc2C(=N)C1C(=O)OC. The van der Waals surface area contributed by atoms with Gasteiger partial charge >= 0.3 is 11.9 Å². The van der Waals surface area contributed by atoms with Crippen molar-refractivity contribution < 1.29 is 27.8 Å². The number of rotatable bonds is 2. The van der Waals surface area contributed by atoms with Crippen LogP contribution in [0, 0.1) is 23.0 Å². The van der Waals surface area contributed by atoms with E-state index < -0.39 is 40.9 Å². The van der Waals surface area contributed by atoms with E-state index in [1.165, 1.54) is 0 Å². The second-order valence-electron chi connectivity index (χ2n) is 5.01. The lowest BCUT2D eigenvalue weighted by atomic mass is 9.92. The van der Waals surface area contributed by atoms with Crippen LogP contribution in [0.15, 0.2) is 17.1 Å². The number of carbonyl (C=O) groups excluding carboxylic acids is 2. The third-order valence-electron chi connectivity index (χ3n) is 3.56. The average molecular weight is 348 g/mol. The van der Waals surface area contributed by atoms with Crippen LogP contribution in [0.4, 0.5) is 14.6 Å². The van der Waals surface area contributed by atoms with Crippen molar-refractivity contribution in [2.75, 3.05) is 14.2 Å². The van der Waals surface area contributed by atoms with E-state index in [2.05, 4.69) is 24.4 Å². The smallest absolute Gasteiger partial charge is 0.353 e. The van der Waals surface area contributed by atoms with Gasteiger partial charge in [-0.3, -0.25) is 4.79 Å². The summed E-state index contributed by atoms with van der Waals surface area (Å²) < 4.78 is 35.9. The predicted molar refractivity (Wildman–Crippen MR) is 80.9 cm³/mol. The molecular weight excluding hydrogens is 338 g/mol. The number of esters is 2. The number of aliphatic imine (C=N–C) groups is 1. The molecule has 2 heterocycles. The highest BCUT2D eigenvalue weighted by Crippen LogP contribution is 2.29. The lowest BCUT2D eigenvalue weighted by Crippen LogP contribution is -2.40. The van der Waals surface area contributed by atoms with E-state index in [1.807, 2.05) is 0 Å². The van der Waals surface area contributed by atoms with E-state index >= 15 is 0 Å². The van der Waals surface area contributed by atoms with Crippen LogP contribution in [0.3, 0.4) is 0 Å². The molecule has 0 radical (unpaired) electrons. The molecule has 0 bridgehead atoms. The van der Waals surface area contributed by atoms with Crippen LogP contribution in [0.5, 0.6) is 0 Å². The van der Waals surface area contributed by atoms with Crippen molar-refractivity contribution >= 4 is 40.2 Å². The van der Waals surface area contributed by atoms with Gasteiger partial charge in [-0.15, -0.1) is 0 Å². The molecule has 0 saturated carbocycles. The zero-order valence-electron chi connectivity index (χ0n) is 13.0. The van der Waals surface area contributed by atoms with Crippen molar-refractivity contribution in [3.05, 3.63) is 29.5 Å². The lowest BCUT2D eigenvalue weighted by Gasteiger charge is -2.21. The quantitative estimate of drug-likeness (QED) is 0.819. The number of nitrogens with zero attached hydrogens (tertiary/aromatic N) is 3. The second-order valence-corrected chi connectivity index (χ2v) is 5.01. The first-order valence-electron chi connectivity index (χ1n) is 6.87. The number of benzene rings is 1. The Bertz CT molecular complexity index is 974. The molecule has 128 valence electrons. The summed E-state index contributed by atoms with van der Waals surface area (Å²) in [6, 6.07) is 1.64. The molecule has 2 aromatic rings. The molecule has 1 unspecified atom stereocenters. The summed E-state index contributed by atoms with van der Waals surface area (Å²) >= 11 is 0. The molecule has 25 heavy (non-hydrogen) atoms. The maximum absolute atomic E-state index is 13.4. The molecule has 10 heteroatoms. The van der Waals surface area contributed by atoms with Crippen molar-refractivity contribution in [3.8, 4) is 0 Å². The first-order chi connectivity index (χ1) is 11.9. The maximum Gasteiger partial charge on any atom is 0.353 e. The number of hydrogen-bond acceptors (Lipinski definition) is 8. The van der Waals surface area contributed by atoms with Crippen LogP contribution >= 0.6 is 0 Å². The van der Waals surface area contributed by atoms with E-state index in [9.17, 15) is 18.4 Å². The first-order valence-corrected chi connectivity index (χ1v) is 6.87. The Morgan fingerprint density at radius 1 is 1.08 bits per heavy atom. The van der Waals surface area contributed by atoms with Crippen molar-refractivity contribution in [1.29, 1.82) is 5.41 Å². The molecule has 1 aromatic carbocycles. The largest absolute Gasteiger partial charge is 0.468 e. The number of nitrogens with one attached hydrogen (secondary N) is 1. The summed E-state index contributed by atoms with van der Waals surface area (Å²) in [5, 5.41) is 8.17. The molecule has 1 aromatic heterocycles. The van der Waals surface area contributed by atoms with Crippen LogP contribution in [-0.4, -0.2) is 47.5 Å². The van der Waals surface area contributed by atoms with Gasteiger partial charge in [0.25, 0.3) is 0 Å². The van der Waals surface area contributed by atoms with Gasteiger partial charge in [-0.2, -0.15) is 0 Å². The van der Waals surface area contributed by atoms with Crippen LogP contribution in [0.2, 0.25) is 0 Å². The summed E-state index contributed by atoms with van der Waals surface area (Å²) in [5.41, 5.74) is -0.987. The van der Waals surface area contributed by atoms with Gasteiger partial charge in [0.2, 0.25) is 0 Å². The topological polar surface area (TPSA) is 115 Å². The summed E-state index contributed by atoms with van der Waals surface area (Å²) in [7, 11) is 2.17. The van der Waals surface area contributed by atoms with Gasteiger partial charge in [-0.05, 0) is 0 Å². The maximum atomic E-state index is 13.4. The number of carbonyl (C=O) groups is 2. The lowest BCUT2D eigenvalue weighted by molar-refractivity contribution is -0.142.